The summed E-state index contributed by atoms with van der Waals surface area (Å²) in [5.74, 6) is -0.0333. The minimum Gasteiger partial charge on any atom is -0.314 e. The van der Waals surface area contributed by atoms with E-state index in [1.165, 1.54) is 0 Å². The van der Waals surface area contributed by atoms with E-state index >= 15 is 0 Å². The number of nitrogens with one attached hydrogen (secondary N) is 1. The summed E-state index contributed by atoms with van der Waals surface area (Å²) in [6.45, 7) is 1.82. The van der Waals surface area contributed by atoms with Crippen molar-refractivity contribution in [2.75, 3.05) is 7.05 Å². The molecule has 1 aromatic carbocycles. The van der Waals surface area contributed by atoms with E-state index in [0.29, 0.717) is 0 Å². The van der Waals surface area contributed by atoms with Gasteiger partial charge in [0.25, 0.3) is 0 Å². The molecule has 0 saturated heterocycles. The van der Waals surface area contributed by atoms with Gasteiger partial charge in [-0.15, -0.1) is 0 Å². The highest BCUT2D eigenvalue weighted by Crippen LogP contribution is 2.38. The lowest BCUT2D eigenvalue weighted by atomic mass is 10.0. The molecule has 0 bridgehead atoms. The van der Waals surface area contributed by atoms with Crippen LogP contribution in [-0.2, 0) is 6.42 Å². The first kappa shape index (κ1) is 9.66. The molecule has 2 rings (SSSR count). The Kier molecular flexibility index (Phi) is 2.31. The van der Waals surface area contributed by atoms with Gasteiger partial charge in [0, 0.05) is 5.54 Å². The Morgan fingerprint density at radius 3 is 2.71 bits per heavy atom. The van der Waals surface area contributed by atoms with Gasteiger partial charge in [0.05, 0.1) is 0 Å². The standard InChI is InChI=1S/C12H16FN/c1-9-4-3-5-10(11(9)13)8-12(14-2)6-7-12/h3-5,14H,6-8H2,1-2H3. The molecule has 14 heavy (non-hydrogen) atoms. The van der Waals surface area contributed by atoms with E-state index < -0.39 is 0 Å². The van der Waals surface area contributed by atoms with Crippen LogP contribution in [0.4, 0.5) is 4.39 Å². The molecule has 0 aromatic heterocycles. The molecule has 1 aromatic rings. The molecule has 2 heteroatoms. The van der Waals surface area contributed by atoms with Crippen molar-refractivity contribution in [1.82, 2.24) is 5.32 Å². The van der Waals surface area contributed by atoms with E-state index in [0.717, 1.165) is 30.4 Å². The van der Waals surface area contributed by atoms with Crippen molar-refractivity contribution in [3.8, 4) is 0 Å². The lowest BCUT2D eigenvalue weighted by Crippen LogP contribution is -2.30. The Labute approximate surface area is 84.3 Å². The summed E-state index contributed by atoms with van der Waals surface area (Å²) in [6, 6.07) is 5.64. The summed E-state index contributed by atoms with van der Waals surface area (Å²) < 4.78 is 13.7. The molecule has 0 spiro atoms. The van der Waals surface area contributed by atoms with Gasteiger partial charge in [0.15, 0.2) is 0 Å². The maximum atomic E-state index is 13.7. The van der Waals surface area contributed by atoms with Gasteiger partial charge in [-0.2, -0.15) is 0 Å². The molecule has 1 nitrogen and oxygen atoms in total. The highest BCUT2D eigenvalue weighted by molar-refractivity contribution is 5.28. The van der Waals surface area contributed by atoms with Crippen LogP contribution >= 0.6 is 0 Å². The first-order chi connectivity index (χ1) is 6.67. The van der Waals surface area contributed by atoms with E-state index in [-0.39, 0.29) is 11.4 Å². The Bertz CT molecular complexity index is 342. The third-order valence-electron chi connectivity index (χ3n) is 3.18. The van der Waals surface area contributed by atoms with Gasteiger partial charge in [-0.25, -0.2) is 4.39 Å². The van der Waals surface area contributed by atoms with Crippen molar-refractivity contribution in [2.24, 2.45) is 0 Å². The molecule has 1 saturated carbocycles. The first-order valence-corrected chi connectivity index (χ1v) is 5.10. The van der Waals surface area contributed by atoms with E-state index in [1.807, 2.05) is 32.2 Å². The molecule has 1 N–H and O–H groups in total. The highest BCUT2D eigenvalue weighted by atomic mass is 19.1. The zero-order valence-electron chi connectivity index (χ0n) is 8.73. The third kappa shape index (κ3) is 1.67. The largest absolute Gasteiger partial charge is 0.314 e. The van der Waals surface area contributed by atoms with Crippen LogP contribution < -0.4 is 5.32 Å². The van der Waals surface area contributed by atoms with Crippen LogP contribution in [0.25, 0.3) is 0 Å². The maximum absolute atomic E-state index is 13.7. The summed E-state index contributed by atoms with van der Waals surface area (Å²) in [6.07, 6.45) is 3.14. The topological polar surface area (TPSA) is 12.0 Å². The average Bonchev–Trinajstić information content (AvgIpc) is 2.94. The molecule has 0 heterocycles. The molecule has 0 aliphatic heterocycles. The SMILES string of the molecule is CNC1(Cc2cccc(C)c2F)CC1. The molecule has 76 valence electrons. The molecule has 1 fully saturated rings. The quantitative estimate of drug-likeness (QED) is 0.777. The van der Waals surface area contributed by atoms with Crippen molar-refractivity contribution in [3.05, 3.63) is 35.1 Å². The average molecular weight is 193 g/mol. The molecule has 0 atom stereocenters. The van der Waals surface area contributed by atoms with Crippen LogP contribution in [0.1, 0.15) is 24.0 Å². The van der Waals surface area contributed by atoms with E-state index in [4.69, 9.17) is 0 Å². The molecule has 0 radical (unpaired) electrons. The second-order valence-corrected chi connectivity index (χ2v) is 4.26. The number of likely N-dealkylation sites (N-methyl/N-ethyl adjacent to an activating group) is 1. The maximum Gasteiger partial charge on any atom is 0.129 e. The second-order valence-electron chi connectivity index (χ2n) is 4.26. The molecular weight excluding hydrogens is 177 g/mol. The predicted molar refractivity (Wildman–Crippen MR) is 55.9 cm³/mol. The monoisotopic (exact) mass is 193 g/mol. The lowest BCUT2D eigenvalue weighted by Gasteiger charge is -2.14. The zero-order chi connectivity index (χ0) is 10.2. The minimum absolute atomic E-state index is 0.0333. The van der Waals surface area contributed by atoms with Gasteiger partial charge in [0.1, 0.15) is 5.82 Å². The number of halogens is 1. The zero-order valence-corrected chi connectivity index (χ0v) is 8.73. The second kappa shape index (κ2) is 3.35. The number of hydrogen-bond donors (Lipinski definition) is 1. The Balaban J connectivity index is 2.21. The Hall–Kier alpha value is -0.890. The third-order valence-corrected chi connectivity index (χ3v) is 3.18. The van der Waals surface area contributed by atoms with Crippen LogP contribution in [0.3, 0.4) is 0 Å². The van der Waals surface area contributed by atoms with E-state index in [2.05, 4.69) is 5.32 Å². The van der Waals surface area contributed by atoms with Gasteiger partial charge < -0.3 is 5.32 Å². The summed E-state index contributed by atoms with van der Waals surface area (Å²) in [5.41, 5.74) is 1.78. The first-order valence-electron chi connectivity index (χ1n) is 5.10. The molecule has 1 aliphatic rings. The summed E-state index contributed by atoms with van der Waals surface area (Å²) in [7, 11) is 1.96. The van der Waals surface area contributed by atoms with Gasteiger partial charge in [-0.05, 0) is 44.4 Å². The fraction of sp³-hybridized carbons (Fsp3) is 0.500. The van der Waals surface area contributed by atoms with Crippen LogP contribution in [-0.4, -0.2) is 12.6 Å². The molecule has 0 amide bonds. The highest BCUT2D eigenvalue weighted by Gasteiger charge is 2.41. The summed E-state index contributed by atoms with van der Waals surface area (Å²) >= 11 is 0. The normalized spacial score (nSPS) is 18.2. The van der Waals surface area contributed by atoms with Crippen molar-refractivity contribution in [2.45, 2.75) is 31.7 Å². The van der Waals surface area contributed by atoms with Gasteiger partial charge in [-0.3, -0.25) is 0 Å². The number of rotatable bonds is 3. The molecule has 0 unspecified atom stereocenters. The Morgan fingerprint density at radius 2 is 2.14 bits per heavy atom. The van der Waals surface area contributed by atoms with Gasteiger partial charge in [-0.1, -0.05) is 18.2 Å². The van der Waals surface area contributed by atoms with Crippen LogP contribution in [0.5, 0.6) is 0 Å². The van der Waals surface area contributed by atoms with Crippen molar-refractivity contribution < 1.29 is 4.39 Å². The summed E-state index contributed by atoms with van der Waals surface area (Å²) in [4.78, 5) is 0. The Morgan fingerprint density at radius 1 is 1.43 bits per heavy atom. The fourth-order valence-corrected chi connectivity index (χ4v) is 1.88. The summed E-state index contributed by atoms with van der Waals surface area (Å²) in [5, 5.41) is 3.28. The van der Waals surface area contributed by atoms with Gasteiger partial charge in [0.2, 0.25) is 0 Å². The van der Waals surface area contributed by atoms with Crippen molar-refractivity contribution >= 4 is 0 Å². The van der Waals surface area contributed by atoms with Gasteiger partial charge >= 0.3 is 0 Å². The number of benzene rings is 1. The molecule has 1 aliphatic carbocycles. The fourth-order valence-electron chi connectivity index (χ4n) is 1.88. The van der Waals surface area contributed by atoms with Crippen molar-refractivity contribution in [3.63, 3.8) is 0 Å². The lowest BCUT2D eigenvalue weighted by molar-refractivity contribution is 0.522. The minimum atomic E-state index is -0.0333. The smallest absolute Gasteiger partial charge is 0.129 e. The van der Waals surface area contributed by atoms with Crippen LogP contribution in [0, 0.1) is 12.7 Å². The molecular formula is C12H16FN. The van der Waals surface area contributed by atoms with E-state index in [9.17, 15) is 4.39 Å². The van der Waals surface area contributed by atoms with Crippen molar-refractivity contribution in [1.29, 1.82) is 0 Å². The van der Waals surface area contributed by atoms with Crippen LogP contribution in [0.15, 0.2) is 18.2 Å². The number of hydrogen-bond acceptors (Lipinski definition) is 1. The van der Waals surface area contributed by atoms with E-state index in [1.54, 1.807) is 0 Å². The van der Waals surface area contributed by atoms with Crippen LogP contribution in [0.2, 0.25) is 0 Å². The number of aryl methyl sites for hydroxylation is 1. The predicted octanol–water partition coefficient (Wildman–Crippen LogP) is 2.43.